The molecule has 1 rings (SSSR count). The van der Waals surface area contributed by atoms with Gasteiger partial charge in [-0.25, -0.2) is 4.98 Å². The zero-order chi connectivity index (χ0) is 12.5. The first kappa shape index (κ1) is 14.0. The van der Waals surface area contributed by atoms with E-state index in [1.807, 2.05) is 6.92 Å². The predicted molar refractivity (Wildman–Crippen MR) is 71.5 cm³/mol. The van der Waals surface area contributed by atoms with Crippen LogP contribution in [0.25, 0.3) is 0 Å². The second kappa shape index (κ2) is 8.12. The number of unbranched alkanes of at least 4 members (excludes halogenated alkanes) is 2. The molecule has 0 saturated carbocycles. The average molecular weight is 239 g/mol. The van der Waals surface area contributed by atoms with Gasteiger partial charge < -0.3 is 14.6 Å². The molecule has 98 valence electrons. The molecule has 0 aliphatic heterocycles. The molecule has 0 unspecified atom stereocenters. The lowest BCUT2D eigenvalue weighted by molar-refractivity contribution is 0.191. The van der Waals surface area contributed by atoms with E-state index in [0.29, 0.717) is 0 Å². The Morgan fingerprint density at radius 2 is 2.18 bits per heavy atom. The van der Waals surface area contributed by atoms with Gasteiger partial charge in [-0.2, -0.15) is 0 Å². The topological polar surface area (TPSA) is 39.1 Å². The molecule has 4 heteroatoms. The quantitative estimate of drug-likeness (QED) is 0.673. The van der Waals surface area contributed by atoms with Crippen LogP contribution in [0.4, 0.5) is 5.95 Å². The number of rotatable bonds is 9. The normalized spacial score (nSPS) is 10.8. The van der Waals surface area contributed by atoms with E-state index in [0.717, 1.165) is 44.2 Å². The van der Waals surface area contributed by atoms with Crippen molar-refractivity contribution >= 4 is 5.95 Å². The number of imidazole rings is 1. The molecule has 0 aliphatic rings. The first-order chi connectivity index (χ1) is 8.27. The maximum absolute atomic E-state index is 5.05. The van der Waals surface area contributed by atoms with Gasteiger partial charge in [0.05, 0.1) is 5.69 Å². The van der Waals surface area contributed by atoms with Gasteiger partial charge in [-0.15, -0.1) is 0 Å². The van der Waals surface area contributed by atoms with Crippen LogP contribution < -0.4 is 5.32 Å². The zero-order valence-electron chi connectivity index (χ0n) is 11.3. The highest BCUT2D eigenvalue weighted by Gasteiger charge is 2.04. The minimum atomic E-state index is 0.840. The highest BCUT2D eigenvalue weighted by atomic mass is 16.5. The van der Waals surface area contributed by atoms with Gasteiger partial charge in [0.25, 0.3) is 0 Å². The van der Waals surface area contributed by atoms with Crippen molar-refractivity contribution < 1.29 is 4.74 Å². The Hall–Kier alpha value is -1.03. The smallest absolute Gasteiger partial charge is 0.203 e. The van der Waals surface area contributed by atoms with Gasteiger partial charge in [0.1, 0.15) is 0 Å². The Morgan fingerprint density at radius 3 is 2.88 bits per heavy atom. The third-order valence-electron chi connectivity index (χ3n) is 2.71. The van der Waals surface area contributed by atoms with Crippen molar-refractivity contribution in [2.75, 3.05) is 25.6 Å². The fourth-order valence-corrected chi connectivity index (χ4v) is 1.76. The number of anilines is 1. The van der Waals surface area contributed by atoms with Crippen LogP contribution in [0, 0.1) is 6.92 Å². The molecule has 1 aromatic heterocycles. The largest absolute Gasteiger partial charge is 0.385 e. The average Bonchev–Trinajstić information content (AvgIpc) is 2.66. The third kappa shape index (κ3) is 5.22. The van der Waals surface area contributed by atoms with E-state index < -0.39 is 0 Å². The molecule has 1 N–H and O–H groups in total. The fourth-order valence-electron chi connectivity index (χ4n) is 1.76. The van der Waals surface area contributed by atoms with E-state index in [9.17, 15) is 0 Å². The van der Waals surface area contributed by atoms with Crippen LogP contribution in [0.3, 0.4) is 0 Å². The molecular formula is C13H25N3O. The van der Waals surface area contributed by atoms with Crippen LogP contribution in [0.15, 0.2) is 6.20 Å². The summed E-state index contributed by atoms with van der Waals surface area (Å²) in [5, 5.41) is 3.40. The van der Waals surface area contributed by atoms with E-state index in [4.69, 9.17) is 4.74 Å². The van der Waals surface area contributed by atoms with Crippen molar-refractivity contribution in [3.05, 3.63) is 11.9 Å². The molecule has 0 aliphatic carbocycles. The van der Waals surface area contributed by atoms with E-state index >= 15 is 0 Å². The lowest BCUT2D eigenvalue weighted by atomic mass is 10.3. The number of hydrogen-bond donors (Lipinski definition) is 1. The molecule has 0 bridgehead atoms. The molecular weight excluding hydrogens is 214 g/mol. The third-order valence-corrected chi connectivity index (χ3v) is 2.71. The van der Waals surface area contributed by atoms with Crippen molar-refractivity contribution in [2.24, 2.45) is 0 Å². The standard InChI is InChI=1S/C13H25N3O/c1-4-5-8-14-13-15-12(2)11-16(13)9-6-7-10-17-3/h11H,4-10H2,1-3H3,(H,14,15). The summed E-state index contributed by atoms with van der Waals surface area (Å²) in [5.74, 6) is 1.01. The number of nitrogens with one attached hydrogen (secondary N) is 1. The first-order valence-electron chi connectivity index (χ1n) is 6.54. The Labute approximate surface area is 104 Å². The Balaban J connectivity index is 2.40. The van der Waals surface area contributed by atoms with Gasteiger partial charge in [-0.3, -0.25) is 0 Å². The van der Waals surface area contributed by atoms with E-state index in [-0.39, 0.29) is 0 Å². The SMILES string of the molecule is CCCCNc1nc(C)cn1CCCCOC. The van der Waals surface area contributed by atoms with Crippen molar-refractivity contribution in [3.63, 3.8) is 0 Å². The van der Waals surface area contributed by atoms with Crippen LogP contribution in [0.2, 0.25) is 0 Å². The predicted octanol–water partition coefficient (Wildman–Crippen LogP) is 2.83. The molecule has 0 atom stereocenters. The Bertz CT molecular complexity index is 310. The van der Waals surface area contributed by atoms with Crippen LogP contribution in [0.1, 0.15) is 38.3 Å². The van der Waals surface area contributed by atoms with Crippen molar-refractivity contribution in [3.8, 4) is 0 Å². The summed E-state index contributed by atoms with van der Waals surface area (Å²) in [6, 6.07) is 0. The van der Waals surface area contributed by atoms with E-state index in [1.165, 1.54) is 12.8 Å². The maximum atomic E-state index is 5.05. The summed E-state index contributed by atoms with van der Waals surface area (Å²) < 4.78 is 7.26. The van der Waals surface area contributed by atoms with Gasteiger partial charge >= 0.3 is 0 Å². The second-order valence-electron chi connectivity index (χ2n) is 4.38. The highest BCUT2D eigenvalue weighted by molar-refractivity contribution is 5.28. The second-order valence-corrected chi connectivity index (χ2v) is 4.38. The van der Waals surface area contributed by atoms with Crippen LogP contribution in [0.5, 0.6) is 0 Å². The molecule has 0 aromatic carbocycles. The molecule has 1 aromatic rings. The minimum absolute atomic E-state index is 0.840. The van der Waals surface area contributed by atoms with Crippen molar-refractivity contribution in [1.29, 1.82) is 0 Å². The van der Waals surface area contributed by atoms with Crippen LogP contribution in [-0.4, -0.2) is 29.8 Å². The molecule has 0 amide bonds. The molecule has 4 nitrogen and oxygen atoms in total. The summed E-state index contributed by atoms with van der Waals surface area (Å²) in [7, 11) is 1.75. The summed E-state index contributed by atoms with van der Waals surface area (Å²) in [6.07, 6.45) is 6.74. The van der Waals surface area contributed by atoms with Gasteiger partial charge in [0.2, 0.25) is 5.95 Å². The first-order valence-corrected chi connectivity index (χ1v) is 6.54. The zero-order valence-corrected chi connectivity index (χ0v) is 11.3. The van der Waals surface area contributed by atoms with E-state index in [2.05, 4.69) is 28.0 Å². The molecule has 17 heavy (non-hydrogen) atoms. The lowest BCUT2D eigenvalue weighted by Crippen LogP contribution is -2.09. The molecule has 0 spiro atoms. The van der Waals surface area contributed by atoms with Crippen LogP contribution >= 0.6 is 0 Å². The number of ether oxygens (including phenoxy) is 1. The summed E-state index contributed by atoms with van der Waals surface area (Å²) in [6.45, 7) is 7.09. The Morgan fingerprint density at radius 1 is 1.35 bits per heavy atom. The summed E-state index contributed by atoms with van der Waals surface area (Å²) >= 11 is 0. The van der Waals surface area contributed by atoms with Gasteiger partial charge in [-0.05, 0) is 26.2 Å². The Kier molecular flexibility index (Phi) is 6.70. The fraction of sp³-hybridized carbons (Fsp3) is 0.769. The van der Waals surface area contributed by atoms with Gasteiger partial charge in [0.15, 0.2) is 0 Å². The lowest BCUT2D eigenvalue weighted by Gasteiger charge is -2.09. The maximum Gasteiger partial charge on any atom is 0.203 e. The number of aryl methyl sites for hydroxylation is 2. The summed E-state index contributed by atoms with van der Waals surface area (Å²) in [4.78, 5) is 4.50. The van der Waals surface area contributed by atoms with Crippen LogP contribution in [-0.2, 0) is 11.3 Å². The number of nitrogens with zero attached hydrogens (tertiary/aromatic N) is 2. The number of hydrogen-bond acceptors (Lipinski definition) is 3. The molecule has 1 heterocycles. The van der Waals surface area contributed by atoms with Gasteiger partial charge in [-0.1, -0.05) is 13.3 Å². The van der Waals surface area contributed by atoms with Crippen molar-refractivity contribution in [2.45, 2.75) is 46.1 Å². The number of aromatic nitrogens is 2. The molecule has 0 radical (unpaired) electrons. The molecule has 0 fully saturated rings. The highest BCUT2D eigenvalue weighted by Crippen LogP contribution is 2.10. The van der Waals surface area contributed by atoms with Gasteiger partial charge in [0, 0.05) is 33.0 Å². The minimum Gasteiger partial charge on any atom is -0.385 e. The summed E-state index contributed by atoms with van der Waals surface area (Å²) in [5.41, 5.74) is 1.08. The monoisotopic (exact) mass is 239 g/mol. The van der Waals surface area contributed by atoms with Crippen molar-refractivity contribution in [1.82, 2.24) is 9.55 Å². The van der Waals surface area contributed by atoms with E-state index in [1.54, 1.807) is 7.11 Å². The molecule has 0 saturated heterocycles. The number of methoxy groups -OCH3 is 1.